The molecule has 3 N–H and O–H groups in total. The molecule has 0 bridgehead atoms. The largest absolute Gasteiger partial charge is 0.491 e. The Kier molecular flexibility index (Phi) is 8.67. The lowest BCUT2D eigenvalue weighted by Gasteiger charge is -2.13. The summed E-state index contributed by atoms with van der Waals surface area (Å²) >= 11 is 5.95. The molecule has 1 atom stereocenters. The third kappa shape index (κ3) is 6.54. The zero-order chi connectivity index (χ0) is 23.0. The lowest BCUT2D eigenvalue weighted by molar-refractivity contribution is 0.175. The van der Waals surface area contributed by atoms with Crippen molar-refractivity contribution in [3.63, 3.8) is 0 Å². The molecule has 0 heterocycles. The van der Waals surface area contributed by atoms with Gasteiger partial charge in [-0.15, -0.1) is 0 Å². The van der Waals surface area contributed by atoms with E-state index in [0.29, 0.717) is 30.3 Å². The number of aliphatic hydroxyl groups is 2. The fourth-order valence-corrected chi connectivity index (χ4v) is 4.66. The van der Waals surface area contributed by atoms with E-state index in [9.17, 15) is 13.5 Å². The Balaban J connectivity index is 1.55. The lowest BCUT2D eigenvalue weighted by atomic mass is 10.1. The minimum atomic E-state index is -3.68. The van der Waals surface area contributed by atoms with Crippen molar-refractivity contribution < 1.29 is 23.4 Å². The van der Waals surface area contributed by atoms with Gasteiger partial charge >= 0.3 is 0 Å². The Hall–Kier alpha value is -2.42. The van der Waals surface area contributed by atoms with Gasteiger partial charge in [0.1, 0.15) is 12.4 Å². The number of aliphatic hydroxyl groups excluding tert-OH is 2. The molecule has 3 aromatic rings. The predicted molar refractivity (Wildman–Crippen MR) is 124 cm³/mol. The first-order chi connectivity index (χ1) is 15.4. The third-order valence-electron chi connectivity index (χ3n) is 4.87. The van der Waals surface area contributed by atoms with Gasteiger partial charge in [0.05, 0.1) is 22.5 Å². The second-order valence-corrected chi connectivity index (χ2v) is 9.61. The number of nitrogens with one attached hydrogen (secondary N) is 1. The van der Waals surface area contributed by atoms with Crippen LogP contribution in [0.4, 0.5) is 0 Å². The van der Waals surface area contributed by atoms with Gasteiger partial charge in [-0.2, -0.15) is 0 Å². The Morgan fingerprint density at radius 2 is 1.72 bits per heavy atom. The van der Waals surface area contributed by atoms with Crippen LogP contribution in [0.5, 0.6) is 5.75 Å². The highest BCUT2D eigenvalue weighted by molar-refractivity contribution is 7.91. The first kappa shape index (κ1) is 24.2. The second-order valence-electron chi connectivity index (χ2n) is 7.22. The molecule has 170 valence electrons. The van der Waals surface area contributed by atoms with Gasteiger partial charge < -0.3 is 20.3 Å². The number of rotatable bonds is 11. The zero-order valence-electron chi connectivity index (χ0n) is 17.4. The number of halogens is 1. The maximum Gasteiger partial charge on any atom is 0.206 e. The van der Waals surface area contributed by atoms with Crippen LogP contribution < -0.4 is 10.1 Å². The molecule has 0 aliphatic carbocycles. The molecule has 0 radical (unpaired) electrons. The Morgan fingerprint density at radius 1 is 0.969 bits per heavy atom. The minimum Gasteiger partial charge on any atom is -0.491 e. The summed E-state index contributed by atoms with van der Waals surface area (Å²) in [5.41, 5.74) is 1.74. The van der Waals surface area contributed by atoms with E-state index in [1.54, 1.807) is 54.6 Å². The lowest BCUT2D eigenvalue weighted by Crippen LogP contribution is -2.23. The molecule has 3 rings (SSSR count). The van der Waals surface area contributed by atoms with Crippen molar-refractivity contribution >= 4 is 21.4 Å². The van der Waals surface area contributed by atoms with Crippen LogP contribution in [0.2, 0.25) is 5.02 Å². The molecule has 6 nitrogen and oxygen atoms in total. The normalized spacial score (nSPS) is 12.5. The summed E-state index contributed by atoms with van der Waals surface area (Å²) in [6, 6.07) is 20.1. The monoisotopic (exact) mass is 475 g/mol. The minimum absolute atomic E-state index is 0.0996. The van der Waals surface area contributed by atoms with Crippen molar-refractivity contribution in [2.75, 3.05) is 26.3 Å². The van der Waals surface area contributed by atoms with E-state index in [0.717, 1.165) is 11.1 Å². The van der Waals surface area contributed by atoms with E-state index >= 15 is 0 Å². The molecule has 0 aliphatic rings. The Labute approximate surface area is 193 Å². The van der Waals surface area contributed by atoms with Gasteiger partial charge in [-0.1, -0.05) is 41.9 Å². The average Bonchev–Trinajstić information content (AvgIpc) is 2.81. The SMILES string of the molecule is O=S(=O)(c1ccc(CCNC[C@H](O)c2cccc(Cl)c2)cc1)c1cccc(OCCO)c1. The molecule has 0 fully saturated rings. The molecular formula is C24H26ClNO5S. The molecule has 0 unspecified atom stereocenters. The number of hydrogen-bond acceptors (Lipinski definition) is 6. The highest BCUT2D eigenvalue weighted by Gasteiger charge is 2.18. The zero-order valence-corrected chi connectivity index (χ0v) is 19.0. The van der Waals surface area contributed by atoms with Crippen molar-refractivity contribution in [3.05, 3.63) is 88.9 Å². The molecule has 32 heavy (non-hydrogen) atoms. The quantitative estimate of drug-likeness (QED) is 0.368. The molecule has 3 aromatic carbocycles. The first-order valence-corrected chi connectivity index (χ1v) is 12.1. The number of benzene rings is 3. The Morgan fingerprint density at radius 3 is 2.44 bits per heavy atom. The van der Waals surface area contributed by atoms with E-state index < -0.39 is 15.9 Å². The van der Waals surface area contributed by atoms with Gasteiger partial charge in [0.2, 0.25) is 9.84 Å². The third-order valence-corrected chi connectivity index (χ3v) is 6.87. The van der Waals surface area contributed by atoms with Crippen LogP contribution in [-0.4, -0.2) is 44.9 Å². The van der Waals surface area contributed by atoms with Crippen LogP contribution in [0, 0.1) is 0 Å². The van der Waals surface area contributed by atoms with Gasteiger partial charge in [0.15, 0.2) is 0 Å². The van der Waals surface area contributed by atoms with Crippen molar-refractivity contribution in [1.29, 1.82) is 0 Å². The van der Waals surface area contributed by atoms with Crippen LogP contribution in [0.3, 0.4) is 0 Å². The fraction of sp³-hybridized carbons (Fsp3) is 0.250. The first-order valence-electron chi connectivity index (χ1n) is 10.2. The van der Waals surface area contributed by atoms with E-state index in [4.69, 9.17) is 21.4 Å². The fourth-order valence-electron chi connectivity index (χ4n) is 3.17. The van der Waals surface area contributed by atoms with Gasteiger partial charge in [-0.05, 0) is 66.6 Å². The molecule has 0 aliphatic heterocycles. The van der Waals surface area contributed by atoms with Crippen molar-refractivity contribution in [2.24, 2.45) is 0 Å². The van der Waals surface area contributed by atoms with E-state index in [1.807, 2.05) is 6.07 Å². The maximum absolute atomic E-state index is 12.9. The predicted octanol–water partition coefficient (Wildman–Crippen LogP) is 3.41. The van der Waals surface area contributed by atoms with Crippen LogP contribution in [-0.2, 0) is 16.3 Å². The van der Waals surface area contributed by atoms with Gasteiger partial charge in [-0.3, -0.25) is 0 Å². The standard InChI is InChI=1S/C24H26ClNO5S/c25-20-4-1-3-19(15-20)24(28)17-26-12-11-18-7-9-22(10-8-18)32(29,30)23-6-2-5-21(16-23)31-14-13-27/h1-10,15-16,24,26-28H,11-14,17H2/t24-/m0/s1. The summed E-state index contributed by atoms with van der Waals surface area (Å²) in [5.74, 6) is 0.391. The van der Waals surface area contributed by atoms with Gasteiger partial charge in [-0.25, -0.2) is 8.42 Å². The van der Waals surface area contributed by atoms with Crippen molar-refractivity contribution in [3.8, 4) is 5.75 Å². The number of ether oxygens (including phenoxy) is 1. The smallest absolute Gasteiger partial charge is 0.206 e. The molecular weight excluding hydrogens is 450 g/mol. The van der Waals surface area contributed by atoms with E-state index in [-0.39, 0.29) is 23.0 Å². The summed E-state index contributed by atoms with van der Waals surface area (Å²) in [4.78, 5) is 0.335. The van der Waals surface area contributed by atoms with Crippen molar-refractivity contribution in [2.45, 2.75) is 22.3 Å². The summed E-state index contributed by atoms with van der Waals surface area (Å²) < 4.78 is 31.1. The van der Waals surface area contributed by atoms with E-state index in [2.05, 4.69) is 5.32 Å². The molecule has 8 heteroatoms. The highest BCUT2D eigenvalue weighted by atomic mass is 35.5. The topological polar surface area (TPSA) is 95.9 Å². The Bertz CT molecular complexity index is 1120. The van der Waals surface area contributed by atoms with Crippen LogP contribution >= 0.6 is 11.6 Å². The molecule has 0 amide bonds. The summed E-state index contributed by atoms with van der Waals surface area (Å²) in [5, 5.41) is 22.9. The van der Waals surface area contributed by atoms with Crippen LogP contribution in [0.1, 0.15) is 17.2 Å². The van der Waals surface area contributed by atoms with Crippen molar-refractivity contribution in [1.82, 2.24) is 5.32 Å². The molecule has 0 aromatic heterocycles. The maximum atomic E-state index is 12.9. The molecule has 0 saturated carbocycles. The van der Waals surface area contributed by atoms with E-state index in [1.165, 1.54) is 12.1 Å². The highest BCUT2D eigenvalue weighted by Crippen LogP contribution is 2.25. The summed E-state index contributed by atoms with van der Waals surface area (Å²) in [6.07, 6.45) is 0.0333. The van der Waals surface area contributed by atoms with Gasteiger partial charge in [0, 0.05) is 11.6 Å². The molecule has 0 spiro atoms. The van der Waals surface area contributed by atoms with Crippen LogP contribution in [0.15, 0.2) is 82.6 Å². The summed E-state index contributed by atoms with van der Waals surface area (Å²) in [7, 11) is -3.68. The summed E-state index contributed by atoms with van der Waals surface area (Å²) in [6.45, 7) is 0.977. The number of sulfone groups is 1. The number of hydrogen-bond donors (Lipinski definition) is 3. The van der Waals surface area contributed by atoms with Gasteiger partial charge in [0.25, 0.3) is 0 Å². The molecule has 0 saturated heterocycles. The van der Waals surface area contributed by atoms with Crippen LogP contribution in [0.25, 0.3) is 0 Å². The second kappa shape index (κ2) is 11.4. The average molecular weight is 476 g/mol.